The van der Waals surface area contributed by atoms with Crippen molar-refractivity contribution in [3.8, 4) is 0 Å². The first-order valence-electron chi connectivity index (χ1n) is 5.91. The summed E-state index contributed by atoms with van der Waals surface area (Å²) in [6, 6.07) is 11.1. The van der Waals surface area contributed by atoms with Crippen molar-refractivity contribution in [2.75, 3.05) is 0 Å². The van der Waals surface area contributed by atoms with Crippen molar-refractivity contribution in [1.29, 1.82) is 0 Å². The highest BCUT2D eigenvalue weighted by Crippen LogP contribution is 2.19. The maximum atomic E-state index is 11.8. The summed E-state index contributed by atoms with van der Waals surface area (Å²) >= 11 is 3.36. The first-order chi connectivity index (χ1) is 9.72. The third-order valence-corrected chi connectivity index (χ3v) is 3.23. The van der Waals surface area contributed by atoms with E-state index in [0.29, 0.717) is 5.56 Å². The molecule has 0 fully saturated rings. The number of carbonyl (C=O) groups excluding carboxylic acids is 1. The van der Waals surface area contributed by atoms with Crippen LogP contribution < -0.4 is 0 Å². The molecule has 20 heavy (non-hydrogen) atoms. The van der Waals surface area contributed by atoms with Gasteiger partial charge in [-0.3, -0.25) is 4.98 Å². The van der Waals surface area contributed by atoms with Crippen LogP contribution in [0.5, 0.6) is 0 Å². The van der Waals surface area contributed by atoms with Gasteiger partial charge in [-0.15, -0.1) is 0 Å². The van der Waals surface area contributed by atoms with E-state index in [1.165, 1.54) is 0 Å². The third-order valence-electron chi connectivity index (χ3n) is 2.70. The summed E-state index contributed by atoms with van der Waals surface area (Å²) in [6.45, 7) is 0. The molecule has 5 heteroatoms. The highest BCUT2D eigenvalue weighted by molar-refractivity contribution is 9.10. The van der Waals surface area contributed by atoms with Gasteiger partial charge in [0.15, 0.2) is 5.70 Å². The number of esters is 1. The Kier molecular flexibility index (Phi) is 3.43. The SMILES string of the molecule is O=C1OC(c2cccnc2)=N/C1=C/c1ccc(Br)cc1. The number of benzene rings is 1. The Balaban J connectivity index is 1.92. The van der Waals surface area contributed by atoms with Gasteiger partial charge in [0.05, 0.1) is 5.56 Å². The van der Waals surface area contributed by atoms with E-state index >= 15 is 0 Å². The van der Waals surface area contributed by atoms with E-state index < -0.39 is 5.97 Å². The molecule has 1 aliphatic heterocycles. The van der Waals surface area contributed by atoms with Crippen LogP contribution in [0.4, 0.5) is 0 Å². The van der Waals surface area contributed by atoms with Crippen LogP contribution in [0.25, 0.3) is 6.08 Å². The molecule has 0 aliphatic carbocycles. The predicted molar refractivity (Wildman–Crippen MR) is 79.0 cm³/mol. The third kappa shape index (κ3) is 2.67. The van der Waals surface area contributed by atoms with E-state index in [9.17, 15) is 4.79 Å². The molecule has 0 radical (unpaired) electrons. The topological polar surface area (TPSA) is 51.5 Å². The van der Waals surface area contributed by atoms with Gasteiger partial charge in [-0.2, -0.15) is 0 Å². The molecule has 1 aromatic heterocycles. The molecule has 4 nitrogen and oxygen atoms in total. The lowest BCUT2D eigenvalue weighted by Gasteiger charge is -1.96. The van der Waals surface area contributed by atoms with Crippen LogP contribution in [-0.2, 0) is 9.53 Å². The van der Waals surface area contributed by atoms with Gasteiger partial charge in [-0.1, -0.05) is 28.1 Å². The van der Waals surface area contributed by atoms with Crippen LogP contribution in [0, 0.1) is 0 Å². The molecule has 0 saturated heterocycles. The van der Waals surface area contributed by atoms with E-state index in [0.717, 1.165) is 10.0 Å². The van der Waals surface area contributed by atoms with E-state index in [1.54, 1.807) is 30.6 Å². The van der Waals surface area contributed by atoms with Crippen molar-refractivity contribution in [1.82, 2.24) is 4.98 Å². The summed E-state index contributed by atoms with van der Waals surface area (Å²) in [5, 5.41) is 0. The number of rotatable bonds is 2. The molecule has 0 spiro atoms. The van der Waals surface area contributed by atoms with Crippen LogP contribution in [0.1, 0.15) is 11.1 Å². The number of pyridine rings is 1. The lowest BCUT2D eigenvalue weighted by Crippen LogP contribution is -2.05. The van der Waals surface area contributed by atoms with Crippen molar-refractivity contribution in [2.45, 2.75) is 0 Å². The van der Waals surface area contributed by atoms with Crippen LogP contribution in [0.15, 0.2) is 64.0 Å². The van der Waals surface area contributed by atoms with Crippen LogP contribution in [0.2, 0.25) is 0 Å². The minimum absolute atomic E-state index is 0.283. The molecule has 0 atom stereocenters. The molecule has 98 valence electrons. The number of halogens is 1. The molecule has 2 aromatic rings. The van der Waals surface area contributed by atoms with Crippen LogP contribution >= 0.6 is 15.9 Å². The minimum atomic E-state index is -0.452. The second-order valence-corrected chi connectivity index (χ2v) is 5.04. The number of hydrogen-bond acceptors (Lipinski definition) is 4. The minimum Gasteiger partial charge on any atom is -0.402 e. The molecule has 1 aliphatic rings. The maximum absolute atomic E-state index is 11.8. The largest absolute Gasteiger partial charge is 0.402 e. The summed E-state index contributed by atoms with van der Waals surface area (Å²) in [6.07, 6.45) is 4.95. The predicted octanol–water partition coefficient (Wildman–Crippen LogP) is 3.19. The fourth-order valence-corrected chi connectivity index (χ4v) is 2.00. The number of nitrogens with zero attached hydrogens (tertiary/aromatic N) is 2. The zero-order valence-corrected chi connectivity index (χ0v) is 11.9. The van der Waals surface area contributed by atoms with E-state index in [2.05, 4.69) is 25.9 Å². The van der Waals surface area contributed by atoms with Crippen molar-refractivity contribution in [3.63, 3.8) is 0 Å². The molecule has 0 unspecified atom stereocenters. The molecule has 3 rings (SSSR count). The van der Waals surface area contributed by atoms with Crippen molar-refractivity contribution >= 4 is 33.9 Å². The van der Waals surface area contributed by atoms with Crippen LogP contribution in [0.3, 0.4) is 0 Å². The Morgan fingerprint density at radius 2 is 1.95 bits per heavy atom. The second kappa shape index (κ2) is 5.38. The van der Waals surface area contributed by atoms with Gasteiger partial charge < -0.3 is 4.74 Å². The first kappa shape index (κ1) is 12.7. The molecule has 0 N–H and O–H groups in total. The fourth-order valence-electron chi connectivity index (χ4n) is 1.74. The summed E-state index contributed by atoms with van der Waals surface area (Å²) in [7, 11) is 0. The van der Waals surface area contributed by atoms with Gasteiger partial charge in [0.1, 0.15) is 0 Å². The van der Waals surface area contributed by atoms with Gasteiger partial charge in [0, 0.05) is 16.9 Å². The molecule has 2 heterocycles. The van der Waals surface area contributed by atoms with Gasteiger partial charge >= 0.3 is 5.97 Å². The lowest BCUT2D eigenvalue weighted by atomic mass is 10.2. The zero-order chi connectivity index (χ0) is 13.9. The van der Waals surface area contributed by atoms with Gasteiger partial charge in [0.2, 0.25) is 5.90 Å². The quantitative estimate of drug-likeness (QED) is 0.628. The van der Waals surface area contributed by atoms with Crippen molar-refractivity contribution < 1.29 is 9.53 Å². The Morgan fingerprint density at radius 1 is 1.15 bits per heavy atom. The van der Waals surface area contributed by atoms with Crippen molar-refractivity contribution in [2.24, 2.45) is 4.99 Å². The normalized spacial score (nSPS) is 16.1. The Hall–Kier alpha value is -2.27. The van der Waals surface area contributed by atoms with E-state index in [4.69, 9.17) is 4.74 Å². The van der Waals surface area contributed by atoms with E-state index in [-0.39, 0.29) is 11.6 Å². The maximum Gasteiger partial charge on any atom is 0.363 e. The first-order valence-corrected chi connectivity index (χ1v) is 6.70. The molecular weight excluding hydrogens is 320 g/mol. The number of aromatic nitrogens is 1. The second-order valence-electron chi connectivity index (χ2n) is 4.13. The highest BCUT2D eigenvalue weighted by Gasteiger charge is 2.24. The van der Waals surface area contributed by atoms with Crippen LogP contribution in [-0.4, -0.2) is 16.9 Å². The Morgan fingerprint density at radius 3 is 2.65 bits per heavy atom. The molecular formula is C15H9BrN2O2. The lowest BCUT2D eigenvalue weighted by molar-refractivity contribution is -0.129. The number of ether oxygens (including phenoxy) is 1. The Labute approximate surface area is 124 Å². The van der Waals surface area contributed by atoms with Gasteiger partial charge in [0.25, 0.3) is 0 Å². The average molecular weight is 329 g/mol. The highest BCUT2D eigenvalue weighted by atomic mass is 79.9. The number of aliphatic imine (C=N–C) groups is 1. The van der Waals surface area contributed by atoms with Gasteiger partial charge in [-0.25, -0.2) is 9.79 Å². The monoisotopic (exact) mass is 328 g/mol. The number of cyclic esters (lactones) is 1. The standard InChI is InChI=1S/C15H9BrN2O2/c16-12-5-3-10(4-6-12)8-13-15(19)20-14(18-13)11-2-1-7-17-9-11/h1-9H/b13-8+. The molecule has 0 saturated carbocycles. The summed E-state index contributed by atoms with van der Waals surface area (Å²) in [5.74, 6) is -0.168. The summed E-state index contributed by atoms with van der Waals surface area (Å²) in [4.78, 5) is 20.0. The molecule has 1 aromatic carbocycles. The van der Waals surface area contributed by atoms with Crippen molar-refractivity contribution in [3.05, 3.63) is 70.1 Å². The smallest absolute Gasteiger partial charge is 0.363 e. The van der Waals surface area contributed by atoms with E-state index in [1.807, 2.05) is 24.3 Å². The zero-order valence-electron chi connectivity index (χ0n) is 10.3. The fraction of sp³-hybridized carbons (Fsp3) is 0. The van der Waals surface area contributed by atoms with Gasteiger partial charge in [-0.05, 0) is 35.9 Å². The average Bonchev–Trinajstić information content (AvgIpc) is 2.84. The summed E-state index contributed by atoms with van der Waals surface area (Å²) in [5.41, 5.74) is 1.85. The number of carbonyl (C=O) groups is 1. The molecule has 0 amide bonds. The number of hydrogen-bond donors (Lipinski definition) is 0. The summed E-state index contributed by atoms with van der Waals surface area (Å²) < 4.78 is 6.13. The Bertz CT molecular complexity index is 706. The molecule has 0 bridgehead atoms.